The fourth-order valence-corrected chi connectivity index (χ4v) is 5.86. The number of furan rings is 1. The summed E-state index contributed by atoms with van der Waals surface area (Å²) in [5, 5.41) is 3.54. The number of rotatable bonds is 3. The third kappa shape index (κ3) is 2.99. The molecule has 0 aliphatic heterocycles. The van der Waals surface area contributed by atoms with E-state index in [1.54, 1.807) is 0 Å². The lowest BCUT2D eigenvalue weighted by molar-refractivity contribution is 0.669. The minimum Gasteiger partial charge on any atom is -0.454 e. The van der Waals surface area contributed by atoms with Crippen LogP contribution in [-0.4, -0.2) is 9.55 Å². The van der Waals surface area contributed by atoms with Gasteiger partial charge < -0.3 is 8.98 Å². The highest BCUT2D eigenvalue weighted by atomic mass is 16.3. The van der Waals surface area contributed by atoms with Crippen LogP contribution in [-0.2, 0) is 0 Å². The van der Waals surface area contributed by atoms with Gasteiger partial charge in [-0.3, -0.25) is 4.98 Å². The van der Waals surface area contributed by atoms with Crippen LogP contribution >= 0.6 is 0 Å². The van der Waals surface area contributed by atoms with E-state index in [1.165, 1.54) is 27.4 Å². The van der Waals surface area contributed by atoms with Gasteiger partial charge in [-0.05, 0) is 47.5 Å². The van der Waals surface area contributed by atoms with Gasteiger partial charge in [-0.25, -0.2) is 0 Å². The van der Waals surface area contributed by atoms with Crippen molar-refractivity contribution < 1.29 is 4.42 Å². The second-order valence-corrected chi connectivity index (χ2v) is 9.57. The van der Waals surface area contributed by atoms with Gasteiger partial charge in [-0.2, -0.15) is 0 Å². The molecule has 0 amide bonds. The Morgan fingerprint density at radius 2 is 1.05 bits per heavy atom. The molecule has 0 saturated heterocycles. The second kappa shape index (κ2) is 8.19. The molecule has 0 saturated carbocycles. The maximum atomic E-state index is 6.38. The minimum absolute atomic E-state index is 0.804. The molecular weight excluding hydrogens is 464 g/mol. The van der Waals surface area contributed by atoms with Crippen molar-refractivity contribution in [3.05, 3.63) is 134 Å². The maximum Gasteiger partial charge on any atom is 0.153 e. The van der Waals surface area contributed by atoms with E-state index in [0.29, 0.717) is 0 Å². The molecule has 0 unspecified atom stereocenters. The molecule has 3 nitrogen and oxygen atoms in total. The van der Waals surface area contributed by atoms with Gasteiger partial charge >= 0.3 is 0 Å². The van der Waals surface area contributed by atoms with Crippen molar-refractivity contribution in [2.24, 2.45) is 0 Å². The van der Waals surface area contributed by atoms with Crippen LogP contribution in [0.3, 0.4) is 0 Å². The summed E-state index contributed by atoms with van der Waals surface area (Å²) in [6.07, 6.45) is 1.82. The molecule has 8 aromatic rings. The van der Waals surface area contributed by atoms with Gasteiger partial charge in [-0.15, -0.1) is 0 Å². The van der Waals surface area contributed by atoms with Crippen LogP contribution in [0.4, 0.5) is 0 Å². The molecule has 0 aliphatic rings. The third-order valence-electron chi connectivity index (χ3n) is 7.49. The average molecular weight is 487 g/mol. The van der Waals surface area contributed by atoms with Crippen molar-refractivity contribution in [3.8, 4) is 27.9 Å². The van der Waals surface area contributed by atoms with Crippen LogP contribution in [0.5, 0.6) is 0 Å². The Balaban J connectivity index is 1.43. The number of para-hydroxylation sites is 4. The van der Waals surface area contributed by atoms with Crippen LogP contribution in [0.15, 0.2) is 138 Å². The zero-order chi connectivity index (χ0) is 25.1. The molecule has 0 N–H and O–H groups in total. The predicted molar refractivity (Wildman–Crippen MR) is 157 cm³/mol. The highest BCUT2D eigenvalue weighted by Gasteiger charge is 2.19. The summed E-state index contributed by atoms with van der Waals surface area (Å²) in [5.74, 6) is 0. The summed E-state index contributed by atoms with van der Waals surface area (Å²) in [5.41, 5.74) is 10.6. The molecule has 8 rings (SSSR count). The Kier molecular flexibility index (Phi) is 4.52. The highest BCUT2D eigenvalue weighted by Crippen LogP contribution is 2.42. The lowest BCUT2D eigenvalue weighted by Gasteiger charge is -2.17. The molecule has 3 heteroatoms. The van der Waals surface area contributed by atoms with E-state index in [9.17, 15) is 0 Å². The molecule has 0 fully saturated rings. The first-order valence-corrected chi connectivity index (χ1v) is 12.8. The molecule has 5 aromatic carbocycles. The van der Waals surface area contributed by atoms with Crippen LogP contribution in [0.25, 0.3) is 71.8 Å². The fraction of sp³-hybridized carbons (Fsp3) is 0. The van der Waals surface area contributed by atoms with E-state index in [-0.39, 0.29) is 0 Å². The Morgan fingerprint density at radius 3 is 1.82 bits per heavy atom. The number of hydrogen-bond donors (Lipinski definition) is 0. The van der Waals surface area contributed by atoms with E-state index >= 15 is 0 Å². The van der Waals surface area contributed by atoms with E-state index in [2.05, 4.69) is 125 Å². The lowest BCUT2D eigenvalue weighted by atomic mass is 9.92. The number of benzene rings is 5. The monoisotopic (exact) mass is 486 g/mol. The SMILES string of the molecule is c1ccc(-c2cccc3c2oc2cccnc23)c(-c2ccccc2-n2c3ccccc3c3ccccc32)c1. The zero-order valence-corrected chi connectivity index (χ0v) is 20.5. The summed E-state index contributed by atoms with van der Waals surface area (Å²) in [7, 11) is 0. The van der Waals surface area contributed by atoms with Gasteiger partial charge in [0.05, 0.1) is 16.7 Å². The van der Waals surface area contributed by atoms with Gasteiger partial charge in [-0.1, -0.05) is 91.0 Å². The Labute approximate surface area is 219 Å². The van der Waals surface area contributed by atoms with E-state index < -0.39 is 0 Å². The number of hydrogen-bond acceptors (Lipinski definition) is 2. The first-order valence-electron chi connectivity index (χ1n) is 12.8. The van der Waals surface area contributed by atoms with Gasteiger partial charge in [0.1, 0.15) is 11.1 Å². The van der Waals surface area contributed by atoms with Crippen molar-refractivity contribution >= 4 is 43.9 Å². The summed E-state index contributed by atoms with van der Waals surface area (Å²) in [6.45, 7) is 0. The van der Waals surface area contributed by atoms with E-state index in [0.717, 1.165) is 44.4 Å². The topological polar surface area (TPSA) is 31.0 Å². The smallest absolute Gasteiger partial charge is 0.153 e. The molecule has 3 aromatic heterocycles. The minimum atomic E-state index is 0.804. The molecule has 0 bridgehead atoms. The van der Waals surface area contributed by atoms with Gasteiger partial charge in [0.2, 0.25) is 0 Å². The molecule has 38 heavy (non-hydrogen) atoms. The fourth-order valence-electron chi connectivity index (χ4n) is 5.86. The Bertz CT molecular complexity index is 2090. The predicted octanol–water partition coefficient (Wildman–Crippen LogP) is 9.41. The van der Waals surface area contributed by atoms with Gasteiger partial charge in [0.15, 0.2) is 5.58 Å². The van der Waals surface area contributed by atoms with E-state index in [4.69, 9.17) is 4.42 Å². The van der Waals surface area contributed by atoms with Crippen molar-refractivity contribution in [1.82, 2.24) is 9.55 Å². The lowest BCUT2D eigenvalue weighted by Crippen LogP contribution is -1.98. The normalized spacial score (nSPS) is 11.7. The quantitative estimate of drug-likeness (QED) is 0.249. The Hall–Kier alpha value is -5.15. The largest absolute Gasteiger partial charge is 0.454 e. The van der Waals surface area contributed by atoms with Crippen LogP contribution in [0.1, 0.15) is 0 Å². The summed E-state index contributed by atoms with van der Waals surface area (Å²) < 4.78 is 8.77. The van der Waals surface area contributed by atoms with Crippen molar-refractivity contribution in [2.45, 2.75) is 0 Å². The second-order valence-electron chi connectivity index (χ2n) is 9.57. The molecule has 0 atom stereocenters. The molecule has 0 spiro atoms. The number of pyridine rings is 1. The first kappa shape index (κ1) is 21.0. The zero-order valence-electron chi connectivity index (χ0n) is 20.5. The number of fused-ring (bicyclic) bond motifs is 6. The van der Waals surface area contributed by atoms with Crippen LogP contribution in [0, 0.1) is 0 Å². The Morgan fingerprint density at radius 1 is 0.474 bits per heavy atom. The summed E-state index contributed by atoms with van der Waals surface area (Å²) in [6, 6.07) is 44.8. The van der Waals surface area contributed by atoms with Crippen LogP contribution < -0.4 is 0 Å². The summed E-state index contributed by atoms with van der Waals surface area (Å²) in [4.78, 5) is 4.59. The van der Waals surface area contributed by atoms with Gasteiger partial charge in [0.25, 0.3) is 0 Å². The molecule has 3 heterocycles. The van der Waals surface area contributed by atoms with Crippen molar-refractivity contribution in [1.29, 1.82) is 0 Å². The van der Waals surface area contributed by atoms with E-state index in [1.807, 2.05) is 18.3 Å². The van der Waals surface area contributed by atoms with Crippen molar-refractivity contribution in [3.63, 3.8) is 0 Å². The molecule has 178 valence electrons. The molecular formula is C35H22N2O. The number of aromatic nitrogens is 2. The third-order valence-corrected chi connectivity index (χ3v) is 7.49. The van der Waals surface area contributed by atoms with Crippen LogP contribution in [0.2, 0.25) is 0 Å². The van der Waals surface area contributed by atoms with Gasteiger partial charge in [0, 0.05) is 33.5 Å². The number of nitrogens with zero attached hydrogens (tertiary/aromatic N) is 2. The first-order chi connectivity index (χ1) is 18.9. The maximum absolute atomic E-state index is 6.38. The standard InChI is InChI=1S/C35H22N2O/c1-2-12-24(28-16-9-17-29-34-33(38-35(28)29)21-10-22-36-34)23(11-1)25-13-3-6-18-30(25)37-31-19-7-4-14-26(31)27-15-5-8-20-32(27)37/h1-22H. The average Bonchev–Trinajstić information content (AvgIpc) is 3.53. The highest BCUT2D eigenvalue weighted by molar-refractivity contribution is 6.11. The summed E-state index contributed by atoms with van der Waals surface area (Å²) >= 11 is 0. The molecule has 0 aliphatic carbocycles. The molecule has 0 radical (unpaired) electrons. The van der Waals surface area contributed by atoms with Crippen molar-refractivity contribution in [2.75, 3.05) is 0 Å².